The molecule has 4 rings (SSSR count). The number of hydrogen-bond donors (Lipinski definition) is 2. The van der Waals surface area contributed by atoms with Gasteiger partial charge in [-0.1, -0.05) is 24.3 Å². The molecule has 7 nitrogen and oxygen atoms in total. The quantitative estimate of drug-likeness (QED) is 0.555. The second-order valence-corrected chi connectivity index (χ2v) is 6.02. The number of nitrogens with zero attached hydrogens (tertiary/aromatic N) is 4. The Morgan fingerprint density at radius 3 is 2.46 bits per heavy atom. The van der Waals surface area contributed by atoms with E-state index in [1.54, 1.807) is 30.3 Å². The highest BCUT2D eigenvalue weighted by atomic mass is 19.1. The molecule has 0 aliphatic heterocycles. The van der Waals surface area contributed by atoms with Crippen molar-refractivity contribution in [2.75, 3.05) is 5.32 Å². The standard InChI is InChI=1S/C19H14F2N6O/c20-12-7-5-11(6-8-12)17(18(22)28)23-15-9-10-16-24-25-19(27(16)26-15)13-3-1-2-4-14(13)21/h1-10,17H,(H2,22,28)(H,23,26). The van der Waals surface area contributed by atoms with E-state index in [-0.39, 0.29) is 17.2 Å². The summed E-state index contributed by atoms with van der Waals surface area (Å²) in [6.07, 6.45) is 0. The molecule has 9 heteroatoms. The largest absolute Gasteiger partial charge is 0.368 e. The van der Waals surface area contributed by atoms with Crippen LogP contribution < -0.4 is 11.1 Å². The highest BCUT2D eigenvalue weighted by Gasteiger charge is 2.19. The number of nitrogens with one attached hydrogen (secondary N) is 1. The van der Waals surface area contributed by atoms with Crippen molar-refractivity contribution in [3.8, 4) is 11.4 Å². The lowest BCUT2D eigenvalue weighted by Crippen LogP contribution is -2.28. The van der Waals surface area contributed by atoms with E-state index < -0.39 is 23.6 Å². The molecular weight excluding hydrogens is 366 g/mol. The fourth-order valence-corrected chi connectivity index (χ4v) is 2.80. The van der Waals surface area contributed by atoms with E-state index >= 15 is 0 Å². The van der Waals surface area contributed by atoms with E-state index in [0.29, 0.717) is 11.2 Å². The van der Waals surface area contributed by atoms with Crippen molar-refractivity contribution in [2.24, 2.45) is 5.73 Å². The number of carbonyl (C=O) groups is 1. The van der Waals surface area contributed by atoms with Crippen molar-refractivity contribution in [3.63, 3.8) is 0 Å². The van der Waals surface area contributed by atoms with Crippen LogP contribution in [-0.2, 0) is 4.79 Å². The first kappa shape index (κ1) is 17.5. The summed E-state index contributed by atoms with van der Waals surface area (Å²) in [4.78, 5) is 11.9. The minimum Gasteiger partial charge on any atom is -0.368 e. The molecule has 28 heavy (non-hydrogen) atoms. The molecule has 4 aromatic rings. The lowest BCUT2D eigenvalue weighted by atomic mass is 10.1. The minimum atomic E-state index is -0.932. The Hall–Kier alpha value is -3.88. The van der Waals surface area contributed by atoms with Gasteiger partial charge in [0, 0.05) is 0 Å². The molecule has 0 saturated heterocycles. The second kappa shape index (κ2) is 7.03. The molecule has 3 N–H and O–H groups in total. The minimum absolute atomic E-state index is 0.217. The van der Waals surface area contributed by atoms with Gasteiger partial charge in [-0.25, -0.2) is 8.78 Å². The second-order valence-electron chi connectivity index (χ2n) is 6.02. The fraction of sp³-hybridized carbons (Fsp3) is 0.0526. The van der Waals surface area contributed by atoms with E-state index in [4.69, 9.17) is 5.73 Å². The van der Waals surface area contributed by atoms with E-state index in [1.165, 1.54) is 34.8 Å². The van der Waals surface area contributed by atoms with Gasteiger partial charge in [0.15, 0.2) is 11.5 Å². The molecular formula is C19H14F2N6O. The van der Waals surface area contributed by atoms with Crippen LogP contribution in [0.2, 0.25) is 0 Å². The Morgan fingerprint density at radius 1 is 1.00 bits per heavy atom. The van der Waals surface area contributed by atoms with E-state index in [9.17, 15) is 13.6 Å². The van der Waals surface area contributed by atoms with Gasteiger partial charge in [0.05, 0.1) is 5.56 Å². The van der Waals surface area contributed by atoms with Gasteiger partial charge in [-0.05, 0) is 42.0 Å². The van der Waals surface area contributed by atoms with Gasteiger partial charge in [-0.3, -0.25) is 4.79 Å². The topological polar surface area (TPSA) is 98.2 Å². The molecule has 0 radical (unpaired) electrons. The zero-order valence-electron chi connectivity index (χ0n) is 14.4. The number of primary amides is 1. The van der Waals surface area contributed by atoms with E-state index in [1.807, 2.05) is 0 Å². The van der Waals surface area contributed by atoms with Crippen LogP contribution in [0.4, 0.5) is 14.6 Å². The van der Waals surface area contributed by atoms with Crippen molar-refractivity contribution < 1.29 is 13.6 Å². The van der Waals surface area contributed by atoms with Crippen molar-refractivity contribution in [1.29, 1.82) is 0 Å². The van der Waals surface area contributed by atoms with Crippen molar-refractivity contribution >= 4 is 17.4 Å². The predicted octanol–water partition coefficient (Wildman–Crippen LogP) is 2.71. The summed E-state index contributed by atoms with van der Waals surface area (Å²) in [7, 11) is 0. The maximum atomic E-state index is 14.1. The van der Waals surface area contributed by atoms with E-state index in [0.717, 1.165) is 0 Å². The van der Waals surface area contributed by atoms with Crippen LogP contribution in [0.3, 0.4) is 0 Å². The molecule has 0 spiro atoms. The number of amides is 1. The summed E-state index contributed by atoms with van der Waals surface area (Å²) < 4.78 is 28.7. The first-order valence-electron chi connectivity index (χ1n) is 8.31. The SMILES string of the molecule is NC(=O)C(Nc1ccc2nnc(-c3ccccc3F)n2n1)c1ccc(F)cc1. The van der Waals surface area contributed by atoms with Gasteiger partial charge in [-0.2, -0.15) is 4.52 Å². The van der Waals surface area contributed by atoms with Gasteiger partial charge in [-0.15, -0.1) is 15.3 Å². The number of carbonyl (C=O) groups excluding carboxylic acids is 1. The number of nitrogens with two attached hydrogens (primary N) is 1. The van der Waals surface area contributed by atoms with Crippen LogP contribution in [0.25, 0.3) is 17.0 Å². The van der Waals surface area contributed by atoms with Gasteiger partial charge in [0.2, 0.25) is 5.91 Å². The molecule has 1 amide bonds. The number of halogens is 2. The average Bonchev–Trinajstić information content (AvgIpc) is 3.10. The van der Waals surface area contributed by atoms with Crippen LogP contribution >= 0.6 is 0 Å². The summed E-state index contributed by atoms with van der Waals surface area (Å²) >= 11 is 0. The van der Waals surface area contributed by atoms with Gasteiger partial charge in [0.1, 0.15) is 23.5 Å². The van der Waals surface area contributed by atoms with Crippen LogP contribution in [0.5, 0.6) is 0 Å². The Morgan fingerprint density at radius 2 is 1.75 bits per heavy atom. The normalized spacial score (nSPS) is 12.1. The highest BCUT2D eigenvalue weighted by Crippen LogP contribution is 2.23. The fourth-order valence-electron chi connectivity index (χ4n) is 2.80. The zero-order valence-corrected chi connectivity index (χ0v) is 14.4. The Labute approximate surface area is 157 Å². The van der Waals surface area contributed by atoms with E-state index in [2.05, 4.69) is 20.6 Å². The molecule has 0 fully saturated rings. The Bertz CT molecular complexity index is 1160. The third kappa shape index (κ3) is 3.25. The summed E-state index contributed by atoms with van der Waals surface area (Å²) in [5.74, 6) is -1.04. The number of aromatic nitrogens is 4. The molecule has 1 unspecified atom stereocenters. The van der Waals surface area contributed by atoms with Gasteiger partial charge in [0.25, 0.3) is 0 Å². The van der Waals surface area contributed by atoms with Crippen LogP contribution in [-0.4, -0.2) is 25.7 Å². The van der Waals surface area contributed by atoms with Crippen molar-refractivity contribution in [1.82, 2.24) is 19.8 Å². The lowest BCUT2D eigenvalue weighted by Gasteiger charge is -2.16. The molecule has 0 saturated carbocycles. The first-order valence-corrected chi connectivity index (χ1v) is 8.31. The molecule has 0 aliphatic carbocycles. The number of rotatable bonds is 5. The summed E-state index contributed by atoms with van der Waals surface area (Å²) in [6.45, 7) is 0. The lowest BCUT2D eigenvalue weighted by molar-refractivity contribution is -0.118. The first-order chi connectivity index (χ1) is 13.5. The van der Waals surface area contributed by atoms with Crippen LogP contribution in [0, 0.1) is 11.6 Å². The van der Waals surface area contributed by atoms with Crippen LogP contribution in [0.15, 0.2) is 60.7 Å². The molecule has 0 bridgehead atoms. The number of benzene rings is 2. The molecule has 2 heterocycles. The van der Waals surface area contributed by atoms with Crippen molar-refractivity contribution in [2.45, 2.75) is 6.04 Å². The summed E-state index contributed by atoms with van der Waals surface area (Å²) in [5, 5.41) is 15.2. The highest BCUT2D eigenvalue weighted by molar-refractivity contribution is 5.84. The smallest absolute Gasteiger partial charge is 0.244 e. The molecule has 0 aliphatic rings. The maximum Gasteiger partial charge on any atom is 0.244 e. The summed E-state index contributed by atoms with van der Waals surface area (Å²) in [6, 6.07) is 13.8. The molecule has 1 atom stereocenters. The average molecular weight is 380 g/mol. The predicted molar refractivity (Wildman–Crippen MR) is 98.1 cm³/mol. The monoisotopic (exact) mass is 380 g/mol. The van der Waals surface area contributed by atoms with Crippen LogP contribution in [0.1, 0.15) is 11.6 Å². The van der Waals surface area contributed by atoms with Crippen molar-refractivity contribution in [3.05, 3.63) is 77.9 Å². The maximum absolute atomic E-state index is 14.1. The Kier molecular flexibility index (Phi) is 4.40. The number of fused-ring (bicyclic) bond motifs is 1. The van der Waals surface area contributed by atoms with Gasteiger partial charge >= 0.3 is 0 Å². The third-order valence-electron chi connectivity index (χ3n) is 4.16. The zero-order chi connectivity index (χ0) is 19.7. The molecule has 2 aromatic carbocycles. The third-order valence-corrected chi connectivity index (χ3v) is 4.16. The summed E-state index contributed by atoms with van der Waals surface area (Å²) in [5.41, 5.74) is 6.61. The van der Waals surface area contributed by atoms with Gasteiger partial charge < -0.3 is 11.1 Å². The Balaban J connectivity index is 1.73. The number of hydrogen-bond acceptors (Lipinski definition) is 5. The number of anilines is 1. The molecule has 2 aromatic heterocycles. The molecule has 140 valence electrons.